The van der Waals surface area contributed by atoms with Crippen LogP contribution in [0.4, 0.5) is 0 Å². The van der Waals surface area contributed by atoms with E-state index in [1.807, 2.05) is 42.7 Å². The van der Waals surface area contributed by atoms with Crippen LogP contribution >= 0.6 is 0 Å². The van der Waals surface area contributed by atoms with Gasteiger partial charge in [-0.3, -0.25) is 0 Å². The lowest BCUT2D eigenvalue weighted by Crippen LogP contribution is -1.83. The quantitative estimate of drug-likeness (QED) is 0.677. The lowest BCUT2D eigenvalue weighted by atomic mass is 10.2. The Balaban J connectivity index is 2.15. The van der Waals surface area contributed by atoms with Crippen molar-refractivity contribution in [2.24, 2.45) is 0 Å². The van der Waals surface area contributed by atoms with Gasteiger partial charge in [-0.15, -0.1) is 0 Å². The molecule has 64 valence electrons. The maximum atomic E-state index is 4.06. The van der Waals surface area contributed by atoms with Gasteiger partial charge in [0.1, 0.15) is 0 Å². The van der Waals surface area contributed by atoms with E-state index in [1.165, 1.54) is 5.56 Å². The van der Waals surface area contributed by atoms with Gasteiger partial charge >= 0.3 is 0 Å². The summed E-state index contributed by atoms with van der Waals surface area (Å²) in [6, 6.07) is 12.0. The molecule has 0 unspecified atom stereocenters. The summed E-state index contributed by atoms with van der Waals surface area (Å²) in [5.74, 6) is 0. The second kappa shape index (κ2) is 3.72. The Bertz CT molecular complexity index is 374. The van der Waals surface area contributed by atoms with E-state index in [1.54, 1.807) is 10.9 Å². The Kier molecular flexibility index (Phi) is 2.23. The number of nitrogens with zero attached hydrogens (tertiary/aromatic N) is 2. The third-order valence-corrected chi connectivity index (χ3v) is 1.74. The molecule has 2 rings (SSSR count). The van der Waals surface area contributed by atoms with E-state index >= 15 is 0 Å². The van der Waals surface area contributed by atoms with Crippen LogP contribution in [0, 0.1) is 0 Å². The third kappa shape index (κ3) is 2.06. The molecule has 13 heavy (non-hydrogen) atoms. The van der Waals surface area contributed by atoms with Crippen LogP contribution in [-0.4, -0.2) is 9.78 Å². The molecular formula is C11H10N2. The summed E-state index contributed by atoms with van der Waals surface area (Å²) in [6.45, 7) is 0. The van der Waals surface area contributed by atoms with Crippen molar-refractivity contribution in [3.8, 4) is 0 Å². The van der Waals surface area contributed by atoms with Crippen molar-refractivity contribution < 1.29 is 0 Å². The number of aromatic nitrogens is 2. The highest BCUT2D eigenvalue weighted by Gasteiger charge is 1.83. The molecule has 0 atom stereocenters. The number of hydrogen-bond acceptors (Lipinski definition) is 1. The Hall–Kier alpha value is -1.83. The Labute approximate surface area is 77.1 Å². The Morgan fingerprint density at radius 2 is 1.92 bits per heavy atom. The van der Waals surface area contributed by atoms with Gasteiger partial charge in [0, 0.05) is 18.6 Å². The predicted molar refractivity (Wildman–Crippen MR) is 53.9 cm³/mol. The lowest BCUT2D eigenvalue weighted by molar-refractivity contribution is 0.938. The topological polar surface area (TPSA) is 17.8 Å². The smallest absolute Gasteiger partial charge is 0.0493 e. The van der Waals surface area contributed by atoms with Crippen LogP contribution < -0.4 is 0 Å². The normalized spacial score (nSPS) is 10.8. The molecular weight excluding hydrogens is 160 g/mol. The highest BCUT2D eigenvalue weighted by atomic mass is 15.2. The Morgan fingerprint density at radius 1 is 1.08 bits per heavy atom. The summed E-state index contributed by atoms with van der Waals surface area (Å²) in [6.07, 6.45) is 7.61. The van der Waals surface area contributed by atoms with Crippen LogP contribution in [0.3, 0.4) is 0 Å². The fourth-order valence-electron chi connectivity index (χ4n) is 1.10. The largest absolute Gasteiger partial charge is 0.248 e. The molecule has 1 heterocycles. The molecule has 0 saturated heterocycles. The summed E-state index contributed by atoms with van der Waals surface area (Å²) in [5.41, 5.74) is 1.18. The second-order valence-corrected chi connectivity index (χ2v) is 2.71. The van der Waals surface area contributed by atoms with Gasteiger partial charge < -0.3 is 0 Å². The van der Waals surface area contributed by atoms with Gasteiger partial charge in [0.2, 0.25) is 0 Å². The van der Waals surface area contributed by atoms with Crippen LogP contribution in [0.2, 0.25) is 0 Å². The summed E-state index contributed by atoms with van der Waals surface area (Å²) in [4.78, 5) is 0. The SMILES string of the molecule is C(=C\n1cccn1)/c1ccccc1. The van der Waals surface area contributed by atoms with Gasteiger partial charge in [-0.25, -0.2) is 4.68 Å². The van der Waals surface area contributed by atoms with Gasteiger partial charge in [0.15, 0.2) is 0 Å². The first-order valence-corrected chi connectivity index (χ1v) is 4.17. The van der Waals surface area contributed by atoms with Crippen molar-refractivity contribution in [3.05, 3.63) is 54.4 Å². The van der Waals surface area contributed by atoms with Crippen molar-refractivity contribution in [1.82, 2.24) is 9.78 Å². The van der Waals surface area contributed by atoms with E-state index in [-0.39, 0.29) is 0 Å². The van der Waals surface area contributed by atoms with Gasteiger partial charge in [-0.05, 0) is 17.7 Å². The summed E-state index contributed by atoms with van der Waals surface area (Å²) < 4.78 is 1.77. The van der Waals surface area contributed by atoms with Crippen molar-refractivity contribution in [2.45, 2.75) is 0 Å². The van der Waals surface area contributed by atoms with Crippen LogP contribution in [-0.2, 0) is 0 Å². The minimum absolute atomic E-state index is 1.18. The molecule has 0 aliphatic carbocycles. The van der Waals surface area contributed by atoms with Gasteiger partial charge in [0.05, 0.1) is 0 Å². The average molecular weight is 170 g/mol. The highest BCUT2D eigenvalue weighted by molar-refractivity contribution is 5.59. The van der Waals surface area contributed by atoms with E-state index in [4.69, 9.17) is 0 Å². The predicted octanol–water partition coefficient (Wildman–Crippen LogP) is 2.51. The highest BCUT2D eigenvalue weighted by Crippen LogP contribution is 2.01. The summed E-state index contributed by atoms with van der Waals surface area (Å²) in [5, 5.41) is 4.06. The third-order valence-electron chi connectivity index (χ3n) is 1.74. The van der Waals surface area contributed by atoms with Crippen LogP contribution in [0.25, 0.3) is 12.3 Å². The fraction of sp³-hybridized carbons (Fsp3) is 0. The molecule has 0 spiro atoms. The minimum atomic E-state index is 1.18. The zero-order valence-electron chi connectivity index (χ0n) is 7.17. The van der Waals surface area contributed by atoms with Crippen molar-refractivity contribution in [3.63, 3.8) is 0 Å². The zero-order valence-corrected chi connectivity index (χ0v) is 7.17. The molecule has 0 radical (unpaired) electrons. The Morgan fingerprint density at radius 3 is 2.62 bits per heavy atom. The number of hydrogen-bond donors (Lipinski definition) is 0. The first-order chi connectivity index (χ1) is 6.45. The summed E-state index contributed by atoms with van der Waals surface area (Å²) >= 11 is 0. The standard InChI is InChI=1S/C11H10N2/c1-2-5-11(6-3-1)7-10-13-9-4-8-12-13/h1-10H/b10-7+. The fourth-order valence-corrected chi connectivity index (χ4v) is 1.10. The van der Waals surface area contributed by atoms with E-state index in [0.29, 0.717) is 0 Å². The minimum Gasteiger partial charge on any atom is -0.248 e. The maximum Gasteiger partial charge on any atom is 0.0493 e. The van der Waals surface area contributed by atoms with E-state index in [2.05, 4.69) is 17.2 Å². The van der Waals surface area contributed by atoms with E-state index in [0.717, 1.165) is 0 Å². The second-order valence-electron chi connectivity index (χ2n) is 2.71. The van der Waals surface area contributed by atoms with Crippen LogP contribution in [0.1, 0.15) is 5.56 Å². The van der Waals surface area contributed by atoms with Crippen molar-refractivity contribution in [2.75, 3.05) is 0 Å². The van der Waals surface area contributed by atoms with E-state index < -0.39 is 0 Å². The summed E-state index contributed by atoms with van der Waals surface area (Å²) in [7, 11) is 0. The number of benzene rings is 1. The lowest BCUT2D eigenvalue weighted by Gasteiger charge is -1.91. The molecule has 0 aliphatic heterocycles. The van der Waals surface area contributed by atoms with Crippen molar-refractivity contribution in [1.29, 1.82) is 0 Å². The first kappa shape index (κ1) is 7.80. The molecule has 2 heteroatoms. The monoisotopic (exact) mass is 170 g/mol. The van der Waals surface area contributed by atoms with Gasteiger partial charge in [0.25, 0.3) is 0 Å². The molecule has 2 aromatic rings. The van der Waals surface area contributed by atoms with Crippen LogP contribution in [0.15, 0.2) is 48.8 Å². The van der Waals surface area contributed by atoms with Crippen LogP contribution in [0.5, 0.6) is 0 Å². The number of rotatable bonds is 2. The van der Waals surface area contributed by atoms with E-state index in [9.17, 15) is 0 Å². The molecule has 0 aliphatic rings. The molecule has 0 saturated carbocycles. The molecule has 2 nitrogen and oxygen atoms in total. The molecule has 0 bridgehead atoms. The van der Waals surface area contributed by atoms with Gasteiger partial charge in [-0.2, -0.15) is 5.10 Å². The molecule has 0 fully saturated rings. The molecule has 0 N–H and O–H groups in total. The average Bonchev–Trinajstić information content (AvgIpc) is 2.69. The maximum absolute atomic E-state index is 4.06. The molecule has 0 amide bonds. The zero-order chi connectivity index (χ0) is 8.93. The first-order valence-electron chi connectivity index (χ1n) is 4.17. The van der Waals surface area contributed by atoms with Gasteiger partial charge in [-0.1, -0.05) is 30.3 Å². The molecule has 1 aromatic heterocycles. The van der Waals surface area contributed by atoms with Crippen molar-refractivity contribution >= 4 is 12.3 Å². The molecule has 1 aromatic carbocycles.